The molecule has 0 spiro atoms. The molecule has 3 unspecified atom stereocenters. The molecule has 0 amide bonds. The molecule has 0 aromatic carbocycles. The van der Waals surface area contributed by atoms with Crippen LogP contribution in [0.5, 0.6) is 0 Å². The van der Waals surface area contributed by atoms with Crippen LogP contribution in [0.3, 0.4) is 0 Å². The zero-order valence-corrected chi connectivity index (χ0v) is 10.7. The van der Waals surface area contributed by atoms with Gasteiger partial charge in [-0.1, -0.05) is 25.7 Å². The quantitative estimate of drug-likeness (QED) is 0.570. The van der Waals surface area contributed by atoms with Crippen LogP contribution in [0.25, 0.3) is 0 Å². The van der Waals surface area contributed by atoms with Gasteiger partial charge in [0.2, 0.25) is 0 Å². The molecule has 3 nitrogen and oxygen atoms in total. The summed E-state index contributed by atoms with van der Waals surface area (Å²) in [5.74, 6) is 2.51. The smallest absolute Gasteiger partial charge is 0.189 e. The third-order valence-corrected chi connectivity index (χ3v) is 4.96. The predicted octanol–water partition coefficient (Wildman–Crippen LogP) is 2.41. The summed E-state index contributed by atoms with van der Waals surface area (Å²) < 4.78 is 0. The lowest BCUT2D eigenvalue weighted by Crippen LogP contribution is -2.42. The topological polar surface area (TPSA) is 50.4 Å². The molecule has 0 aliphatic heterocycles. The Morgan fingerprint density at radius 1 is 1.00 bits per heavy atom. The Balaban J connectivity index is 1.52. The number of guanidine groups is 1. The Morgan fingerprint density at radius 3 is 2.47 bits per heavy atom. The van der Waals surface area contributed by atoms with Gasteiger partial charge in [0.1, 0.15) is 0 Å². The highest BCUT2D eigenvalue weighted by atomic mass is 15.1. The number of nitrogens with two attached hydrogens (primary N) is 1. The summed E-state index contributed by atoms with van der Waals surface area (Å²) in [4.78, 5) is 4.74. The van der Waals surface area contributed by atoms with Crippen molar-refractivity contribution >= 4 is 5.96 Å². The molecule has 0 aromatic rings. The standard InChI is InChI=1S/C14H25N3/c15-14(16-12-4-2-1-3-5-12)17-13-9-10-6-7-11(13)8-10/h10-13H,1-9H2,(H3,15,16,17). The minimum absolute atomic E-state index is 0.532. The molecule has 3 saturated carbocycles. The van der Waals surface area contributed by atoms with E-state index in [1.54, 1.807) is 0 Å². The van der Waals surface area contributed by atoms with Crippen molar-refractivity contribution in [2.75, 3.05) is 0 Å². The number of aliphatic imine (C=N–C) groups is 1. The van der Waals surface area contributed by atoms with Crippen molar-refractivity contribution in [1.82, 2.24) is 5.32 Å². The molecule has 0 aromatic heterocycles. The molecular formula is C14H25N3. The number of hydrogen-bond acceptors (Lipinski definition) is 1. The number of hydrogen-bond donors (Lipinski definition) is 2. The second kappa shape index (κ2) is 4.87. The van der Waals surface area contributed by atoms with Gasteiger partial charge < -0.3 is 11.1 Å². The molecule has 3 atom stereocenters. The molecule has 3 N–H and O–H groups in total. The van der Waals surface area contributed by atoms with Crippen molar-refractivity contribution in [3.05, 3.63) is 0 Å². The summed E-state index contributed by atoms with van der Waals surface area (Å²) >= 11 is 0. The Kier molecular flexibility index (Phi) is 3.26. The van der Waals surface area contributed by atoms with Crippen molar-refractivity contribution in [3.63, 3.8) is 0 Å². The monoisotopic (exact) mass is 235 g/mol. The zero-order valence-electron chi connectivity index (χ0n) is 10.7. The van der Waals surface area contributed by atoms with E-state index in [1.165, 1.54) is 57.8 Å². The van der Waals surface area contributed by atoms with E-state index >= 15 is 0 Å². The van der Waals surface area contributed by atoms with E-state index in [1.807, 2.05) is 0 Å². The van der Waals surface area contributed by atoms with Gasteiger partial charge in [-0.3, -0.25) is 0 Å². The Labute approximate surface area is 104 Å². The lowest BCUT2D eigenvalue weighted by molar-refractivity contribution is 0.402. The van der Waals surface area contributed by atoms with Crippen LogP contribution < -0.4 is 11.1 Å². The summed E-state index contributed by atoms with van der Waals surface area (Å²) in [6.45, 7) is 0. The van der Waals surface area contributed by atoms with Crippen molar-refractivity contribution in [1.29, 1.82) is 0 Å². The van der Waals surface area contributed by atoms with Crippen LogP contribution in [0.2, 0.25) is 0 Å². The highest BCUT2D eigenvalue weighted by Crippen LogP contribution is 2.45. The average Bonchev–Trinajstić information content (AvgIpc) is 2.92. The fraction of sp³-hybridized carbons (Fsp3) is 0.929. The van der Waals surface area contributed by atoms with Crippen LogP contribution >= 0.6 is 0 Å². The molecule has 3 aliphatic carbocycles. The van der Waals surface area contributed by atoms with Crippen molar-refractivity contribution in [3.8, 4) is 0 Å². The Bertz CT molecular complexity index is 294. The number of fused-ring (bicyclic) bond motifs is 2. The maximum Gasteiger partial charge on any atom is 0.189 e. The number of nitrogens with zero attached hydrogens (tertiary/aromatic N) is 1. The highest BCUT2D eigenvalue weighted by Gasteiger charge is 2.39. The third kappa shape index (κ3) is 2.58. The average molecular weight is 235 g/mol. The summed E-state index contributed by atoms with van der Waals surface area (Å²) in [5, 5.41) is 3.43. The van der Waals surface area contributed by atoms with Gasteiger partial charge in [0.05, 0.1) is 6.04 Å². The van der Waals surface area contributed by atoms with Crippen LogP contribution in [0.1, 0.15) is 57.8 Å². The molecule has 0 saturated heterocycles. The maximum atomic E-state index is 6.06. The van der Waals surface area contributed by atoms with Crippen molar-refractivity contribution < 1.29 is 0 Å². The van der Waals surface area contributed by atoms with E-state index in [-0.39, 0.29) is 0 Å². The fourth-order valence-electron chi connectivity index (χ4n) is 4.04. The SMILES string of the molecule is NC(=NC1CC2CCC1C2)NC1CCCCC1. The summed E-state index contributed by atoms with van der Waals surface area (Å²) in [5.41, 5.74) is 6.06. The maximum absolute atomic E-state index is 6.06. The zero-order chi connectivity index (χ0) is 11.7. The van der Waals surface area contributed by atoms with Crippen LogP contribution in [0.15, 0.2) is 4.99 Å². The van der Waals surface area contributed by atoms with Crippen molar-refractivity contribution in [2.24, 2.45) is 22.6 Å². The minimum Gasteiger partial charge on any atom is -0.370 e. The van der Waals surface area contributed by atoms with E-state index in [9.17, 15) is 0 Å². The molecule has 96 valence electrons. The van der Waals surface area contributed by atoms with Gasteiger partial charge in [0.15, 0.2) is 5.96 Å². The van der Waals surface area contributed by atoms with Crippen LogP contribution in [0, 0.1) is 11.8 Å². The van der Waals surface area contributed by atoms with E-state index in [4.69, 9.17) is 10.7 Å². The molecule has 0 radical (unpaired) electrons. The second-order valence-corrected chi connectivity index (χ2v) is 6.24. The van der Waals surface area contributed by atoms with Crippen molar-refractivity contribution in [2.45, 2.75) is 69.9 Å². The molecule has 17 heavy (non-hydrogen) atoms. The summed E-state index contributed by atoms with van der Waals surface area (Å²) in [7, 11) is 0. The van der Waals surface area contributed by atoms with E-state index in [2.05, 4.69) is 5.32 Å². The lowest BCUT2D eigenvalue weighted by Gasteiger charge is -2.24. The lowest BCUT2D eigenvalue weighted by atomic mass is 9.95. The van der Waals surface area contributed by atoms with Gasteiger partial charge in [0, 0.05) is 6.04 Å². The van der Waals surface area contributed by atoms with Crippen LogP contribution in [0.4, 0.5) is 0 Å². The fourth-order valence-corrected chi connectivity index (χ4v) is 4.04. The van der Waals surface area contributed by atoms with Gasteiger partial charge in [-0.25, -0.2) is 4.99 Å². The Hall–Kier alpha value is -0.730. The van der Waals surface area contributed by atoms with Crippen LogP contribution in [-0.4, -0.2) is 18.0 Å². The van der Waals surface area contributed by atoms with E-state index < -0.39 is 0 Å². The first-order valence-electron chi connectivity index (χ1n) is 7.41. The molecule has 3 rings (SSSR count). The first kappa shape index (κ1) is 11.4. The first-order chi connectivity index (χ1) is 8.31. The second-order valence-electron chi connectivity index (χ2n) is 6.24. The van der Waals surface area contributed by atoms with Gasteiger partial charge in [0.25, 0.3) is 0 Å². The third-order valence-electron chi connectivity index (χ3n) is 4.96. The molecule has 3 aliphatic rings. The van der Waals surface area contributed by atoms with Gasteiger partial charge in [-0.05, 0) is 43.9 Å². The molecule has 3 heteroatoms. The van der Waals surface area contributed by atoms with E-state index in [0.717, 1.165) is 17.8 Å². The molecule has 0 heterocycles. The summed E-state index contributed by atoms with van der Waals surface area (Å²) in [6.07, 6.45) is 12.1. The largest absolute Gasteiger partial charge is 0.370 e. The van der Waals surface area contributed by atoms with Gasteiger partial charge >= 0.3 is 0 Å². The molecule has 2 bridgehead atoms. The number of nitrogens with one attached hydrogen (secondary N) is 1. The predicted molar refractivity (Wildman–Crippen MR) is 70.9 cm³/mol. The minimum atomic E-state index is 0.532. The first-order valence-corrected chi connectivity index (χ1v) is 7.41. The Morgan fingerprint density at radius 2 is 1.82 bits per heavy atom. The van der Waals surface area contributed by atoms with Gasteiger partial charge in [-0.15, -0.1) is 0 Å². The summed E-state index contributed by atoms with van der Waals surface area (Å²) in [6, 6.07) is 1.12. The van der Waals surface area contributed by atoms with E-state index in [0.29, 0.717) is 12.1 Å². The van der Waals surface area contributed by atoms with Gasteiger partial charge in [-0.2, -0.15) is 0 Å². The molecular weight excluding hydrogens is 210 g/mol. The highest BCUT2D eigenvalue weighted by molar-refractivity contribution is 5.78. The number of rotatable bonds is 2. The van der Waals surface area contributed by atoms with Crippen LogP contribution in [-0.2, 0) is 0 Å². The molecule has 3 fully saturated rings. The normalized spacial score (nSPS) is 38.6.